The Labute approximate surface area is 81.0 Å². The first-order valence-electron chi connectivity index (χ1n) is 4.27. The summed E-state index contributed by atoms with van der Waals surface area (Å²) >= 11 is 0. The van der Waals surface area contributed by atoms with Crippen molar-refractivity contribution in [2.75, 3.05) is 0 Å². The van der Waals surface area contributed by atoms with E-state index >= 15 is 0 Å². The van der Waals surface area contributed by atoms with Crippen LogP contribution in [0.5, 0.6) is 0 Å². The Bertz CT molecular complexity index is 306. The Morgan fingerprint density at radius 3 is 2.64 bits per heavy atom. The molecular formula is C10H11F3N. The van der Waals surface area contributed by atoms with Crippen LogP contribution < -0.4 is 0 Å². The van der Waals surface area contributed by atoms with E-state index in [4.69, 9.17) is 0 Å². The fourth-order valence-corrected chi connectivity index (χ4v) is 1.08. The zero-order valence-corrected chi connectivity index (χ0v) is 7.80. The van der Waals surface area contributed by atoms with Gasteiger partial charge in [0.25, 0.3) is 0 Å². The standard InChI is InChI=1S/C10H11F3N/c1-3-7(2)8-4-5-14-9(6-8)10(11,12)13/h4-7H,1,3H2,2H3. The Kier molecular flexibility index (Phi) is 3.13. The molecule has 0 amide bonds. The van der Waals surface area contributed by atoms with E-state index in [1.807, 2.05) is 6.92 Å². The van der Waals surface area contributed by atoms with Crippen LogP contribution in [0.4, 0.5) is 13.2 Å². The van der Waals surface area contributed by atoms with Crippen LogP contribution in [0.2, 0.25) is 0 Å². The molecule has 4 heteroatoms. The maximum atomic E-state index is 12.3. The van der Waals surface area contributed by atoms with Gasteiger partial charge >= 0.3 is 6.18 Å². The molecule has 0 aliphatic rings. The van der Waals surface area contributed by atoms with Crippen molar-refractivity contribution in [3.05, 3.63) is 36.5 Å². The monoisotopic (exact) mass is 202 g/mol. The highest BCUT2D eigenvalue weighted by molar-refractivity contribution is 5.21. The average molecular weight is 202 g/mol. The molecule has 1 aromatic rings. The molecule has 0 N–H and O–H groups in total. The van der Waals surface area contributed by atoms with Crippen molar-refractivity contribution in [1.82, 2.24) is 4.98 Å². The molecule has 0 spiro atoms. The summed E-state index contributed by atoms with van der Waals surface area (Å²) < 4.78 is 36.8. The number of aromatic nitrogens is 1. The molecule has 0 aliphatic carbocycles. The number of pyridine rings is 1. The van der Waals surface area contributed by atoms with Gasteiger partial charge in [-0.1, -0.05) is 13.8 Å². The van der Waals surface area contributed by atoms with E-state index in [9.17, 15) is 13.2 Å². The molecule has 0 saturated carbocycles. The Balaban J connectivity index is 3.01. The molecule has 1 unspecified atom stereocenters. The minimum absolute atomic E-state index is 0.0269. The van der Waals surface area contributed by atoms with E-state index in [1.54, 1.807) is 6.07 Å². The van der Waals surface area contributed by atoms with Crippen molar-refractivity contribution < 1.29 is 13.2 Å². The minimum atomic E-state index is -4.36. The molecule has 0 aromatic carbocycles. The Hall–Kier alpha value is -1.06. The fourth-order valence-electron chi connectivity index (χ4n) is 1.08. The molecule has 14 heavy (non-hydrogen) atoms. The predicted octanol–water partition coefficient (Wildman–Crippen LogP) is 3.43. The van der Waals surface area contributed by atoms with Gasteiger partial charge in [0.1, 0.15) is 5.69 Å². The lowest BCUT2D eigenvalue weighted by molar-refractivity contribution is -0.141. The number of halogens is 3. The van der Waals surface area contributed by atoms with Crippen LogP contribution in [0, 0.1) is 6.92 Å². The van der Waals surface area contributed by atoms with Crippen molar-refractivity contribution >= 4 is 0 Å². The molecular weight excluding hydrogens is 191 g/mol. The largest absolute Gasteiger partial charge is 0.433 e. The highest BCUT2D eigenvalue weighted by atomic mass is 19.4. The normalized spacial score (nSPS) is 14.1. The van der Waals surface area contributed by atoms with Gasteiger partial charge in [-0.15, -0.1) is 0 Å². The van der Waals surface area contributed by atoms with Crippen LogP contribution in [0.15, 0.2) is 18.3 Å². The quantitative estimate of drug-likeness (QED) is 0.716. The van der Waals surface area contributed by atoms with E-state index in [2.05, 4.69) is 11.9 Å². The summed E-state index contributed by atoms with van der Waals surface area (Å²) in [5.41, 5.74) is -0.211. The van der Waals surface area contributed by atoms with Gasteiger partial charge < -0.3 is 0 Å². The maximum absolute atomic E-state index is 12.3. The molecule has 1 atom stereocenters. The molecule has 1 radical (unpaired) electrons. The summed E-state index contributed by atoms with van der Waals surface area (Å²) in [6.07, 6.45) is -2.61. The Morgan fingerprint density at radius 2 is 2.14 bits per heavy atom. The van der Waals surface area contributed by atoms with E-state index in [-0.39, 0.29) is 5.92 Å². The number of rotatable bonds is 2. The number of hydrogen-bond donors (Lipinski definition) is 0. The van der Waals surface area contributed by atoms with Crippen LogP contribution >= 0.6 is 0 Å². The first-order chi connectivity index (χ1) is 6.45. The van der Waals surface area contributed by atoms with Crippen LogP contribution in [0.1, 0.15) is 30.5 Å². The zero-order valence-electron chi connectivity index (χ0n) is 7.80. The SMILES string of the molecule is [CH2]CC(C)c1ccnc(C(F)(F)F)c1. The van der Waals surface area contributed by atoms with Gasteiger partial charge in [-0.3, -0.25) is 4.98 Å². The second kappa shape index (κ2) is 3.98. The highest BCUT2D eigenvalue weighted by Gasteiger charge is 2.32. The number of hydrogen-bond acceptors (Lipinski definition) is 1. The summed E-state index contributed by atoms with van der Waals surface area (Å²) in [7, 11) is 0. The zero-order chi connectivity index (χ0) is 10.8. The van der Waals surface area contributed by atoms with Gasteiger partial charge in [0.15, 0.2) is 0 Å². The topological polar surface area (TPSA) is 12.9 Å². The van der Waals surface area contributed by atoms with Crippen molar-refractivity contribution in [2.45, 2.75) is 25.4 Å². The molecule has 0 saturated heterocycles. The predicted molar refractivity (Wildman–Crippen MR) is 47.6 cm³/mol. The minimum Gasteiger partial charge on any atom is -0.252 e. The first kappa shape index (κ1) is 11.0. The molecule has 77 valence electrons. The Morgan fingerprint density at radius 1 is 1.50 bits per heavy atom. The molecule has 1 aromatic heterocycles. The second-order valence-corrected chi connectivity index (χ2v) is 3.16. The third-order valence-corrected chi connectivity index (χ3v) is 2.08. The molecule has 1 rings (SSSR count). The molecule has 1 heterocycles. The smallest absolute Gasteiger partial charge is 0.252 e. The van der Waals surface area contributed by atoms with E-state index in [1.165, 1.54) is 6.20 Å². The lowest BCUT2D eigenvalue weighted by atomic mass is 9.99. The van der Waals surface area contributed by atoms with Crippen LogP contribution in [0.3, 0.4) is 0 Å². The highest BCUT2D eigenvalue weighted by Crippen LogP contribution is 2.29. The van der Waals surface area contributed by atoms with Gasteiger partial charge in [-0.2, -0.15) is 13.2 Å². The van der Waals surface area contributed by atoms with E-state index in [0.29, 0.717) is 12.0 Å². The fraction of sp³-hybridized carbons (Fsp3) is 0.400. The number of nitrogens with zero attached hydrogens (tertiary/aromatic N) is 1. The summed E-state index contributed by atoms with van der Waals surface area (Å²) in [6.45, 7) is 5.49. The molecule has 0 fully saturated rings. The summed E-state index contributed by atoms with van der Waals surface area (Å²) in [6, 6.07) is 2.67. The molecule has 1 nitrogen and oxygen atoms in total. The third-order valence-electron chi connectivity index (χ3n) is 2.08. The summed E-state index contributed by atoms with van der Waals surface area (Å²) in [5.74, 6) is 0.0269. The third kappa shape index (κ3) is 2.47. The molecule has 0 bridgehead atoms. The van der Waals surface area contributed by atoms with Gasteiger partial charge in [-0.25, -0.2) is 0 Å². The van der Waals surface area contributed by atoms with Gasteiger partial charge in [-0.05, 0) is 30.0 Å². The van der Waals surface area contributed by atoms with E-state index < -0.39 is 11.9 Å². The first-order valence-corrected chi connectivity index (χ1v) is 4.27. The van der Waals surface area contributed by atoms with Crippen LogP contribution in [-0.4, -0.2) is 4.98 Å². The van der Waals surface area contributed by atoms with Gasteiger partial charge in [0.05, 0.1) is 0 Å². The summed E-state index contributed by atoms with van der Waals surface area (Å²) in [5, 5.41) is 0. The number of alkyl halides is 3. The van der Waals surface area contributed by atoms with Crippen molar-refractivity contribution in [1.29, 1.82) is 0 Å². The molecule has 0 aliphatic heterocycles. The second-order valence-electron chi connectivity index (χ2n) is 3.16. The lowest BCUT2D eigenvalue weighted by Gasteiger charge is -2.11. The van der Waals surface area contributed by atoms with Gasteiger partial charge in [0, 0.05) is 6.20 Å². The average Bonchev–Trinajstić information content (AvgIpc) is 2.15. The van der Waals surface area contributed by atoms with Gasteiger partial charge in [0.2, 0.25) is 0 Å². The van der Waals surface area contributed by atoms with Crippen LogP contribution in [0.25, 0.3) is 0 Å². The lowest BCUT2D eigenvalue weighted by Crippen LogP contribution is -2.08. The van der Waals surface area contributed by atoms with Crippen molar-refractivity contribution in [2.24, 2.45) is 0 Å². The van der Waals surface area contributed by atoms with E-state index in [0.717, 1.165) is 6.07 Å². The maximum Gasteiger partial charge on any atom is 0.433 e. The van der Waals surface area contributed by atoms with Crippen LogP contribution in [-0.2, 0) is 6.18 Å². The summed E-state index contributed by atoms with van der Waals surface area (Å²) in [4.78, 5) is 3.28. The van der Waals surface area contributed by atoms with Crippen molar-refractivity contribution in [3.63, 3.8) is 0 Å². The van der Waals surface area contributed by atoms with Crippen molar-refractivity contribution in [3.8, 4) is 0 Å².